The van der Waals surface area contributed by atoms with Crippen LogP contribution >= 0.6 is 23.2 Å². The number of hydrogen-bond donors (Lipinski definition) is 0. The summed E-state index contributed by atoms with van der Waals surface area (Å²) in [5.74, 6) is -0.191. The van der Waals surface area contributed by atoms with Crippen molar-refractivity contribution in [3.05, 3.63) is 67.7 Å². The van der Waals surface area contributed by atoms with Crippen LogP contribution in [0.4, 0.5) is 5.69 Å². The summed E-state index contributed by atoms with van der Waals surface area (Å²) < 4.78 is 10.1. The van der Waals surface area contributed by atoms with Gasteiger partial charge in [0.15, 0.2) is 17.3 Å². The summed E-state index contributed by atoms with van der Waals surface area (Å²) in [4.78, 5) is 23.0. The Bertz CT molecular complexity index is 864. The normalized spacial score (nSPS) is 10.7. The first-order valence-electron chi connectivity index (χ1n) is 6.95. The molecule has 0 amide bonds. The lowest BCUT2D eigenvalue weighted by Crippen LogP contribution is -2.03. The summed E-state index contributed by atoms with van der Waals surface area (Å²) in [6.45, 7) is 0. The van der Waals surface area contributed by atoms with Crippen LogP contribution in [0.2, 0.25) is 10.0 Å². The number of hydrogen-bond acceptors (Lipinski definition) is 5. The van der Waals surface area contributed by atoms with Crippen molar-refractivity contribution in [2.75, 3.05) is 14.2 Å². The predicted molar refractivity (Wildman–Crippen MR) is 96.0 cm³/mol. The van der Waals surface area contributed by atoms with Crippen LogP contribution in [-0.4, -0.2) is 24.9 Å². The van der Waals surface area contributed by atoms with Gasteiger partial charge in [-0.1, -0.05) is 29.3 Å². The van der Waals surface area contributed by atoms with Gasteiger partial charge in [-0.15, -0.1) is 0 Å². The minimum absolute atomic E-state index is 0.121. The fraction of sp³-hybridized carbons (Fsp3) is 0.118. The summed E-state index contributed by atoms with van der Waals surface area (Å²) in [5, 5.41) is 12.1. The molecule has 0 radical (unpaired) electrons. The molecule has 25 heavy (non-hydrogen) atoms. The van der Waals surface area contributed by atoms with Gasteiger partial charge in [-0.2, -0.15) is 0 Å². The third-order valence-corrected chi connectivity index (χ3v) is 3.90. The van der Waals surface area contributed by atoms with Gasteiger partial charge < -0.3 is 9.47 Å². The van der Waals surface area contributed by atoms with Crippen LogP contribution in [-0.2, 0) is 0 Å². The van der Waals surface area contributed by atoms with E-state index in [0.717, 1.165) is 6.07 Å². The molecule has 130 valence electrons. The molecule has 0 unspecified atom stereocenters. The molecule has 0 aliphatic carbocycles. The quantitative estimate of drug-likeness (QED) is 0.310. The highest BCUT2D eigenvalue weighted by atomic mass is 35.5. The Morgan fingerprint density at radius 2 is 1.76 bits per heavy atom. The second kappa shape index (κ2) is 8.00. The number of halogens is 2. The van der Waals surface area contributed by atoms with E-state index in [4.69, 9.17) is 32.7 Å². The Hall–Kier alpha value is -2.57. The number of nitro groups is 1. The smallest absolute Gasteiger partial charge is 0.284 e. The van der Waals surface area contributed by atoms with Gasteiger partial charge in [0, 0.05) is 16.1 Å². The number of ketones is 1. The lowest BCUT2D eigenvalue weighted by Gasteiger charge is -2.09. The van der Waals surface area contributed by atoms with Crippen molar-refractivity contribution < 1.29 is 19.2 Å². The first kappa shape index (κ1) is 18.8. The van der Waals surface area contributed by atoms with E-state index in [1.54, 1.807) is 12.1 Å². The number of rotatable bonds is 6. The number of nitrogens with zero attached hydrogens (tertiary/aromatic N) is 1. The second-order valence-corrected chi connectivity index (χ2v) is 5.69. The van der Waals surface area contributed by atoms with Crippen LogP contribution in [0.3, 0.4) is 0 Å². The molecular formula is C17H13Cl2NO5. The Morgan fingerprint density at radius 3 is 2.32 bits per heavy atom. The largest absolute Gasteiger partial charge is 0.493 e. The average Bonchev–Trinajstić information content (AvgIpc) is 2.59. The molecule has 0 N–H and O–H groups in total. The molecular weight excluding hydrogens is 369 g/mol. The zero-order valence-electron chi connectivity index (χ0n) is 13.3. The monoisotopic (exact) mass is 381 g/mol. The molecule has 0 fully saturated rings. The van der Waals surface area contributed by atoms with E-state index in [1.165, 1.54) is 38.5 Å². The predicted octanol–water partition coefficient (Wildman–Crippen LogP) is 4.81. The van der Waals surface area contributed by atoms with Gasteiger partial charge in [0.05, 0.1) is 25.2 Å². The van der Waals surface area contributed by atoms with E-state index < -0.39 is 10.7 Å². The van der Waals surface area contributed by atoms with Gasteiger partial charge in [-0.05, 0) is 29.8 Å². The Labute approximate surface area is 153 Å². The van der Waals surface area contributed by atoms with Gasteiger partial charge in [-0.3, -0.25) is 14.9 Å². The highest BCUT2D eigenvalue weighted by Gasteiger charge is 2.23. The number of allylic oxidation sites excluding steroid dienone is 1. The van der Waals surface area contributed by atoms with Crippen LogP contribution in [0.1, 0.15) is 15.9 Å². The minimum Gasteiger partial charge on any atom is -0.493 e. The summed E-state index contributed by atoms with van der Waals surface area (Å²) in [5.41, 5.74) is 0.0565. The van der Waals surface area contributed by atoms with E-state index in [1.807, 2.05) is 0 Å². The summed E-state index contributed by atoms with van der Waals surface area (Å²) in [7, 11) is 2.73. The molecule has 6 nitrogen and oxygen atoms in total. The molecule has 0 aliphatic heterocycles. The van der Waals surface area contributed by atoms with Gasteiger partial charge in [0.25, 0.3) is 5.69 Å². The van der Waals surface area contributed by atoms with Crippen LogP contribution in [0.5, 0.6) is 11.5 Å². The number of methoxy groups -OCH3 is 2. The number of carbonyl (C=O) groups is 1. The lowest BCUT2D eigenvalue weighted by atomic mass is 10.1. The fourth-order valence-corrected chi connectivity index (χ4v) is 2.58. The van der Waals surface area contributed by atoms with E-state index in [9.17, 15) is 14.9 Å². The molecule has 0 atom stereocenters. The summed E-state index contributed by atoms with van der Waals surface area (Å²) in [6.07, 6.45) is 2.66. The van der Waals surface area contributed by atoms with Crippen molar-refractivity contribution in [3.8, 4) is 11.5 Å². The second-order valence-electron chi connectivity index (χ2n) is 4.84. The number of carbonyl (C=O) groups excluding carboxylic acids is 1. The minimum atomic E-state index is -0.654. The van der Waals surface area contributed by atoms with Crippen molar-refractivity contribution in [1.29, 1.82) is 0 Å². The standard InChI is InChI=1S/C17H13Cl2NO5/c1-24-16-8-12(14(20(22)23)9-17(16)25-2)15(21)6-4-10-3-5-11(18)7-13(10)19/h3-9H,1-2H3/b6-4+. The van der Waals surface area contributed by atoms with Gasteiger partial charge >= 0.3 is 0 Å². The number of nitro benzene ring substituents is 1. The van der Waals surface area contributed by atoms with Gasteiger partial charge in [0.2, 0.25) is 0 Å². The topological polar surface area (TPSA) is 78.7 Å². The summed E-state index contributed by atoms with van der Waals surface area (Å²) in [6, 6.07) is 7.21. The third kappa shape index (κ3) is 4.29. The fourth-order valence-electron chi connectivity index (χ4n) is 2.11. The first-order valence-corrected chi connectivity index (χ1v) is 7.70. The summed E-state index contributed by atoms with van der Waals surface area (Å²) >= 11 is 11.9. The van der Waals surface area contributed by atoms with E-state index >= 15 is 0 Å². The molecule has 0 aromatic heterocycles. The molecule has 2 rings (SSSR count). The lowest BCUT2D eigenvalue weighted by molar-refractivity contribution is -0.385. The zero-order chi connectivity index (χ0) is 18.6. The molecule has 0 heterocycles. The van der Waals surface area contributed by atoms with E-state index in [0.29, 0.717) is 15.6 Å². The molecule has 0 bridgehead atoms. The molecule has 2 aromatic carbocycles. The highest BCUT2D eigenvalue weighted by Crippen LogP contribution is 2.35. The van der Waals surface area contributed by atoms with Gasteiger partial charge in [-0.25, -0.2) is 0 Å². The van der Waals surface area contributed by atoms with E-state index in [-0.39, 0.29) is 22.7 Å². The highest BCUT2D eigenvalue weighted by molar-refractivity contribution is 6.35. The number of ether oxygens (including phenoxy) is 2. The third-order valence-electron chi connectivity index (χ3n) is 3.34. The SMILES string of the molecule is COc1cc(C(=O)/C=C/c2ccc(Cl)cc2Cl)c([N+](=O)[O-])cc1OC. The zero-order valence-corrected chi connectivity index (χ0v) is 14.8. The van der Waals surface area contributed by atoms with Gasteiger partial charge in [0.1, 0.15) is 5.56 Å². The van der Waals surface area contributed by atoms with Crippen molar-refractivity contribution in [2.24, 2.45) is 0 Å². The van der Waals surface area contributed by atoms with Crippen LogP contribution < -0.4 is 9.47 Å². The van der Waals surface area contributed by atoms with Crippen LogP contribution in [0.15, 0.2) is 36.4 Å². The first-order chi connectivity index (χ1) is 11.9. The maximum atomic E-state index is 12.4. The maximum absolute atomic E-state index is 12.4. The molecule has 0 aliphatic rings. The van der Waals surface area contributed by atoms with Crippen LogP contribution in [0.25, 0.3) is 6.08 Å². The van der Waals surface area contributed by atoms with Crippen LogP contribution in [0, 0.1) is 10.1 Å². The van der Waals surface area contributed by atoms with Crippen molar-refractivity contribution in [2.45, 2.75) is 0 Å². The number of benzene rings is 2. The molecule has 0 spiro atoms. The van der Waals surface area contributed by atoms with Crippen molar-refractivity contribution >= 4 is 40.7 Å². The van der Waals surface area contributed by atoms with E-state index in [2.05, 4.69) is 0 Å². The van der Waals surface area contributed by atoms with Crippen molar-refractivity contribution in [1.82, 2.24) is 0 Å². The average molecular weight is 382 g/mol. The molecule has 8 heteroatoms. The molecule has 0 saturated carbocycles. The Kier molecular flexibility index (Phi) is 6.01. The Morgan fingerprint density at radius 1 is 1.12 bits per heavy atom. The molecule has 0 saturated heterocycles. The van der Waals surface area contributed by atoms with Crippen molar-refractivity contribution in [3.63, 3.8) is 0 Å². The maximum Gasteiger partial charge on any atom is 0.284 e. The Balaban J connectivity index is 2.44. The molecule has 2 aromatic rings.